The smallest absolute Gasteiger partial charge is 0.282 e. The summed E-state index contributed by atoms with van der Waals surface area (Å²) in [6.07, 6.45) is 5.97. The van der Waals surface area contributed by atoms with Gasteiger partial charge in [-0.15, -0.1) is 0 Å². The van der Waals surface area contributed by atoms with Crippen molar-refractivity contribution >= 4 is 10.9 Å². The molecule has 0 N–H and O–H groups in total. The van der Waals surface area contributed by atoms with Crippen LogP contribution in [0, 0.1) is 23.3 Å². The molecule has 4 heterocycles. The van der Waals surface area contributed by atoms with Gasteiger partial charge in [0.05, 0.1) is 34.9 Å². The zero-order valence-electron chi connectivity index (χ0n) is 19.2. The van der Waals surface area contributed by atoms with Crippen LogP contribution in [0.15, 0.2) is 72.0 Å². The van der Waals surface area contributed by atoms with Crippen LogP contribution in [0.25, 0.3) is 39.0 Å². The Labute approximate surface area is 206 Å². The van der Waals surface area contributed by atoms with Crippen LogP contribution in [-0.2, 0) is 13.6 Å². The van der Waals surface area contributed by atoms with Gasteiger partial charge in [0.1, 0.15) is 34.7 Å². The highest BCUT2D eigenvalue weighted by Crippen LogP contribution is 2.32. The van der Waals surface area contributed by atoms with Crippen LogP contribution < -0.4 is 5.56 Å². The van der Waals surface area contributed by atoms with E-state index in [1.807, 2.05) is 0 Å². The van der Waals surface area contributed by atoms with Crippen molar-refractivity contribution in [3.05, 3.63) is 107 Å². The van der Waals surface area contributed by atoms with E-state index in [-0.39, 0.29) is 40.1 Å². The number of hydrogen-bond donors (Lipinski definition) is 0. The molecular formula is C26H16F4N6O. The van der Waals surface area contributed by atoms with Crippen molar-refractivity contribution in [2.24, 2.45) is 7.05 Å². The standard InChI is InChI=1S/C26H16F4N6O/c1-34-11-15(10-32-34)14-8-20(30)21(31-9-14)13-35-12-16-24(23-18(28)6-7-19(29)25(23)35)33-36(26(16)37)22-5-3-2-4-17(22)27/h2-12H,13H2,1H3. The lowest BCUT2D eigenvalue weighted by molar-refractivity contribution is 0.581. The molecule has 0 aliphatic carbocycles. The molecule has 0 unspecified atom stereocenters. The van der Waals surface area contributed by atoms with Crippen molar-refractivity contribution in [1.82, 2.24) is 29.1 Å². The molecule has 0 fully saturated rings. The van der Waals surface area contributed by atoms with Crippen LogP contribution >= 0.6 is 0 Å². The van der Waals surface area contributed by atoms with Gasteiger partial charge in [-0.05, 0) is 30.3 Å². The predicted molar refractivity (Wildman–Crippen MR) is 127 cm³/mol. The number of benzene rings is 2. The molecule has 37 heavy (non-hydrogen) atoms. The van der Waals surface area contributed by atoms with Crippen molar-refractivity contribution in [3.8, 4) is 28.1 Å². The fourth-order valence-corrected chi connectivity index (χ4v) is 4.37. The Morgan fingerprint density at radius 3 is 2.38 bits per heavy atom. The second-order valence-electron chi connectivity index (χ2n) is 8.50. The second-order valence-corrected chi connectivity index (χ2v) is 8.50. The van der Waals surface area contributed by atoms with Crippen LogP contribution in [0.2, 0.25) is 0 Å². The summed E-state index contributed by atoms with van der Waals surface area (Å²) in [6.45, 7) is -0.309. The highest BCUT2D eigenvalue weighted by molar-refractivity contribution is 5.94. The first-order chi connectivity index (χ1) is 17.8. The Balaban J connectivity index is 1.55. The third-order valence-corrected chi connectivity index (χ3v) is 6.12. The lowest BCUT2D eigenvalue weighted by atomic mass is 10.1. The Morgan fingerprint density at radius 1 is 0.865 bits per heavy atom. The van der Waals surface area contributed by atoms with E-state index in [1.165, 1.54) is 41.2 Å². The van der Waals surface area contributed by atoms with Gasteiger partial charge in [-0.3, -0.25) is 14.5 Å². The molecule has 2 aromatic carbocycles. The fourth-order valence-electron chi connectivity index (χ4n) is 4.37. The first-order valence-corrected chi connectivity index (χ1v) is 11.1. The molecule has 0 atom stereocenters. The van der Waals surface area contributed by atoms with Crippen molar-refractivity contribution in [1.29, 1.82) is 0 Å². The van der Waals surface area contributed by atoms with Crippen LogP contribution in [0.1, 0.15) is 5.69 Å². The normalized spacial score (nSPS) is 11.6. The van der Waals surface area contributed by atoms with Crippen LogP contribution in [0.4, 0.5) is 17.6 Å². The second kappa shape index (κ2) is 8.40. The molecule has 0 saturated carbocycles. The minimum Gasteiger partial charge on any atom is -0.338 e. The van der Waals surface area contributed by atoms with E-state index in [9.17, 15) is 9.18 Å². The predicted octanol–water partition coefficient (Wildman–Crippen LogP) is 4.69. The number of pyridine rings is 2. The van der Waals surface area contributed by atoms with Gasteiger partial charge in [0.2, 0.25) is 0 Å². The van der Waals surface area contributed by atoms with E-state index >= 15 is 13.2 Å². The van der Waals surface area contributed by atoms with E-state index < -0.39 is 28.8 Å². The van der Waals surface area contributed by atoms with E-state index in [2.05, 4.69) is 15.2 Å². The van der Waals surface area contributed by atoms with E-state index in [4.69, 9.17) is 0 Å². The Kier molecular flexibility index (Phi) is 5.14. The zero-order chi connectivity index (χ0) is 25.8. The molecule has 0 spiro atoms. The molecule has 184 valence electrons. The SMILES string of the molecule is Cn1cc(-c2cnc(Cn3cc4c(=O)n(-c5ccccc5F)nc-4c4c(F)ccc(F)c43)c(F)c2)cn1. The highest BCUT2D eigenvalue weighted by atomic mass is 19.1. The molecule has 2 aliphatic heterocycles. The van der Waals surface area contributed by atoms with Crippen LogP contribution in [0.3, 0.4) is 0 Å². The average Bonchev–Trinajstić information content (AvgIpc) is 3.46. The number of nitrogens with zero attached hydrogens (tertiary/aromatic N) is 6. The summed E-state index contributed by atoms with van der Waals surface area (Å²) in [5.74, 6) is -3.03. The highest BCUT2D eigenvalue weighted by Gasteiger charge is 2.26. The number of hydrogen-bond acceptors (Lipinski definition) is 4. The maximum Gasteiger partial charge on any atom is 0.282 e. The van der Waals surface area contributed by atoms with E-state index in [0.29, 0.717) is 11.1 Å². The molecule has 0 amide bonds. The van der Waals surface area contributed by atoms with Gasteiger partial charge in [-0.1, -0.05) is 12.1 Å². The first kappa shape index (κ1) is 22.7. The van der Waals surface area contributed by atoms with Crippen molar-refractivity contribution in [2.45, 2.75) is 6.54 Å². The lowest BCUT2D eigenvalue weighted by Crippen LogP contribution is -2.16. The number of aromatic nitrogens is 6. The summed E-state index contributed by atoms with van der Waals surface area (Å²) in [7, 11) is 1.73. The molecule has 7 nitrogen and oxygen atoms in total. The minimum absolute atomic E-state index is 0.0594. The molecule has 2 aliphatic rings. The topological polar surface area (TPSA) is 70.5 Å². The van der Waals surface area contributed by atoms with Gasteiger partial charge in [-0.2, -0.15) is 14.9 Å². The Hall–Kier alpha value is -4.80. The Bertz CT molecular complexity index is 1850. The number of aryl methyl sites for hydroxylation is 1. The summed E-state index contributed by atoms with van der Waals surface area (Å²) in [5.41, 5.74) is -0.253. The lowest BCUT2D eigenvalue weighted by Gasteiger charge is -2.15. The van der Waals surface area contributed by atoms with Gasteiger partial charge in [0.15, 0.2) is 0 Å². The van der Waals surface area contributed by atoms with Crippen molar-refractivity contribution in [3.63, 3.8) is 0 Å². The van der Waals surface area contributed by atoms with Gasteiger partial charge < -0.3 is 4.57 Å². The van der Waals surface area contributed by atoms with Gasteiger partial charge in [0, 0.05) is 36.8 Å². The number of fused-ring (bicyclic) bond motifs is 3. The van der Waals surface area contributed by atoms with Crippen LogP contribution in [0.5, 0.6) is 0 Å². The Morgan fingerprint density at radius 2 is 1.65 bits per heavy atom. The number of halogens is 4. The largest absolute Gasteiger partial charge is 0.338 e. The fraction of sp³-hybridized carbons (Fsp3) is 0.0769. The number of rotatable bonds is 4. The van der Waals surface area contributed by atoms with Gasteiger partial charge in [-0.25, -0.2) is 17.6 Å². The molecule has 4 aromatic rings. The molecule has 0 radical (unpaired) electrons. The quantitative estimate of drug-likeness (QED) is 0.327. The maximum absolute atomic E-state index is 15.1. The molecule has 2 aromatic heterocycles. The summed E-state index contributed by atoms with van der Waals surface area (Å²) in [6, 6.07) is 8.59. The summed E-state index contributed by atoms with van der Waals surface area (Å²) >= 11 is 0. The van der Waals surface area contributed by atoms with Crippen molar-refractivity contribution in [2.75, 3.05) is 0 Å². The molecular weight excluding hydrogens is 488 g/mol. The van der Waals surface area contributed by atoms with Gasteiger partial charge in [0.25, 0.3) is 5.56 Å². The number of para-hydroxylation sites is 1. The third kappa shape index (κ3) is 3.66. The summed E-state index contributed by atoms with van der Waals surface area (Å²) in [4.78, 5) is 17.4. The van der Waals surface area contributed by atoms with E-state index in [0.717, 1.165) is 22.9 Å². The minimum atomic E-state index is -0.839. The van der Waals surface area contributed by atoms with Crippen LogP contribution in [-0.4, -0.2) is 29.1 Å². The zero-order valence-corrected chi connectivity index (χ0v) is 19.2. The maximum atomic E-state index is 15.1. The summed E-state index contributed by atoms with van der Waals surface area (Å²) < 4.78 is 63.2. The molecule has 0 bridgehead atoms. The van der Waals surface area contributed by atoms with Gasteiger partial charge >= 0.3 is 0 Å². The van der Waals surface area contributed by atoms with Crippen molar-refractivity contribution < 1.29 is 17.6 Å². The summed E-state index contributed by atoms with van der Waals surface area (Å²) in [5, 5.41) is 7.91. The van der Waals surface area contributed by atoms with E-state index in [1.54, 1.807) is 24.1 Å². The molecule has 6 rings (SSSR count). The first-order valence-electron chi connectivity index (χ1n) is 11.1. The molecule has 0 saturated heterocycles. The third-order valence-electron chi connectivity index (χ3n) is 6.12. The monoisotopic (exact) mass is 504 g/mol. The molecule has 11 heteroatoms. The average molecular weight is 504 g/mol.